The molecule has 0 aliphatic carbocycles. The molecule has 0 fully saturated rings. The van der Waals surface area contributed by atoms with E-state index in [0.717, 1.165) is 23.4 Å². The summed E-state index contributed by atoms with van der Waals surface area (Å²) >= 11 is 5.75. The van der Waals surface area contributed by atoms with E-state index in [1.807, 2.05) is 24.3 Å². The highest BCUT2D eigenvalue weighted by Gasteiger charge is 2.02. The fourth-order valence-corrected chi connectivity index (χ4v) is 1.42. The number of ketones is 1. The highest BCUT2D eigenvalue weighted by Crippen LogP contribution is 2.11. The zero-order valence-corrected chi connectivity index (χ0v) is 9.18. The Bertz CT molecular complexity index is 290. The van der Waals surface area contributed by atoms with Crippen LogP contribution >= 0.6 is 11.6 Å². The Balaban J connectivity index is 2.44. The molecule has 0 aliphatic rings. The minimum absolute atomic E-state index is 0.314. The maximum atomic E-state index is 11.4. The number of unbranched alkanes of at least 4 members (excludes halogenated alkanes) is 1. The van der Waals surface area contributed by atoms with Crippen LogP contribution in [-0.2, 0) is 11.2 Å². The molecular weight excluding hydrogens is 196 g/mol. The molecule has 0 unspecified atom stereocenters. The predicted molar refractivity (Wildman–Crippen MR) is 59.7 cm³/mol. The first-order chi connectivity index (χ1) is 6.72. The van der Waals surface area contributed by atoms with Gasteiger partial charge in [0.05, 0.1) is 0 Å². The molecule has 1 aromatic rings. The van der Waals surface area contributed by atoms with Gasteiger partial charge in [-0.15, -0.1) is 0 Å². The van der Waals surface area contributed by atoms with Gasteiger partial charge in [-0.3, -0.25) is 4.79 Å². The number of hydrogen-bond acceptors (Lipinski definition) is 1. The summed E-state index contributed by atoms with van der Waals surface area (Å²) in [7, 11) is 0. The van der Waals surface area contributed by atoms with Crippen LogP contribution in [0.15, 0.2) is 24.3 Å². The summed E-state index contributed by atoms with van der Waals surface area (Å²) < 4.78 is 0. The zero-order chi connectivity index (χ0) is 10.4. The molecule has 0 aromatic heterocycles. The van der Waals surface area contributed by atoms with Crippen molar-refractivity contribution in [2.45, 2.75) is 32.6 Å². The van der Waals surface area contributed by atoms with Crippen LogP contribution in [0, 0.1) is 0 Å². The number of hydrogen-bond donors (Lipinski definition) is 0. The van der Waals surface area contributed by atoms with Crippen LogP contribution in [0.1, 0.15) is 31.7 Å². The SMILES string of the molecule is CCCCC(=O)Cc1ccc(Cl)cc1. The Morgan fingerprint density at radius 2 is 1.93 bits per heavy atom. The molecule has 0 atom stereocenters. The number of benzene rings is 1. The minimum Gasteiger partial charge on any atom is -0.299 e. The topological polar surface area (TPSA) is 17.1 Å². The summed E-state index contributed by atoms with van der Waals surface area (Å²) in [5.41, 5.74) is 1.05. The van der Waals surface area contributed by atoms with Crippen molar-refractivity contribution in [3.63, 3.8) is 0 Å². The van der Waals surface area contributed by atoms with E-state index in [2.05, 4.69) is 6.92 Å². The number of carbonyl (C=O) groups excluding carboxylic acids is 1. The highest BCUT2D eigenvalue weighted by molar-refractivity contribution is 6.30. The van der Waals surface area contributed by atoms with Crippen LogP contribution in [-0.4, -0.2) is 5.78 Å². The van der Waals surface area contributed by atoms with Crippen LogP contribution in [0.2, 0.25) is 5.02 Å². The zero-order valence-electron chi connectivity index (χ0n) is 8.42. The number of halogens is 1. The van der Waals surface area contributed by atoms with Crippen LogP contribution in [0.3, 0.4) is 0 Å². The van der Waals surface area contributed by atoms with Gasteiger partial charge >= 0.3 is 0 Å². The van der Waals surface area contributed by atoms with Crippen molar-refractivity contribution < 1.29 is 4.79 Å². The summed E-state index contributed by atoms with van der Waals surface area (Å²) in [4.78, 5) is 11.4. The van der Waals surface area contributed by atoms with E-state index in [4.69, 9.17) is 11.6 Å². The molecule has 0 spiro atoms. The molecule has 1 nitrogen and oxygen atoms in total. The van der Waals surface area contributed by atoms with Gasteiger partial charge in [0, 0.05) is 17.9 Å². The van der Waals surface area contributed by atoms with Gasteiger partial charge in [0.25, 0.3) is 0 Å². The van der Waals surface area contributed by atoms with Crippen molar-refractivity contribution in [1.82, 2.24) is 0 Å². The van der Waals surface area contributed by atoms with E-state index in [-0.39, 0.29) is 0 Å². The first-order valence-electron chi connectivity index (χ1n) is 4.98. The number of Topliss-reactive ketones (excluding diaryl/α,β-unsaturated/α-hetero) is 1. The van der Waals surface area contributed by atoms with E-state index in [0.29, 0.717) is 18.6 Å². The standard InChI is InChI=1S/C12H15ClO/c1-2-3-4-12(14)9-10-5-7-11(13)8-6-10/h5-8H,2-4,9H2,1H3. The van der Waals surface area contributed by atoms with Gasteiger partial charge in [-0.2, -0.15) is 0 Å². The molecule has 14 heavy (non-hydrogen) atoms. The number of rotatable bonds is 5. The molecule has 0 N–H and O–H groups in total. The van der Waals surface area contributed by atoms with Crippen molar-refractivity contribution in [2.75, 3.05) is 0 Å². The van der Waals surface area contributed by atoms with Crippen molar-refractivity contribution in [1.29, 1.82) is 0 Å². The smallest absolute Gasteiger partial charge is 0.137 e. The quantitative estimate of drug-likeness (QED) is 0.725. The van der Waals surface area contributed by atoms with Gasteiger partial charge < -0.3 is 0 Å². The fraction of sp³-hybridized carbons (Fsp3) is 0.417. The Labute approximate surface area is 90.1 Å². The second-order valence-corrected chi connectivity index (χ2v) is 3.88. The summed E-state index contributed by atoms with van der Waals surface area (Å²) in [6, 6.07) is 7.46. The predicted octanol–water partition coefficient (Wildman–Crippen LogP) is 3.64. The molecule has 0 radical (unpaired) electrons. The number of carbonyl (C=O) groups is 1. The largest absolute Gasteiger partial charge is 0.299 e. The molecule has 1 aromatic carbocycles. The van der Waals surface area contributed by atoms with E-state index in [1.54, 1.807) is 0 Å². The van der Waals surface area contributed by atoms with Gasteiger partial charge in [0.15, 0.2) is 0 Å². The van der Waals surface area contributed by atoms with Gasteiger partial charge in [-0.1, -0.05) is 37.1 Å². The Hall–Kier alpha value is -0.820. The molecule has 2 heteroatoms. The van der Waals surface area contributed by atoms with Gasteiger partial charge in [-0.25, -0.2) is 0 Å². The van der Waals surface area contributed by atoms with Crippen molar-refractivity contribution >= 4 is 17.4 Å². The van der Waals surface area contributed by atoms with E-state index in [1.165, 1.54) is 0 Å². The molecule has 0 bridgehead atoms. The lowest BCUT2D eigenvalue weighted by molar-refractivity contribution is -0.118. The summed E-state index contributed by atoms with van der Waals surface area (Å²) in [6.45, 7) is 2.09. The third-order valence-electron chi connectivity index (χ3n) is 2.12. The second-order valence-electron chi connectivity index (χ2n) is 3.45. The third kappa shape index (κ3) is 3.93. The maximum Gasteiger partial charge on any atom is 0.137 e. The molecule has 1 rings (SSSR count). The van der Waals surface area contributed by atoms with Crippen LogP contribution < -0.4 is 0 Å². The van der Waals surface area contributed by atoms with Crippen LogP contribution in [0.25, 0.3) is 0 Å². The average molecular weight is 211 g/mol. The molecule has 0 aliphatic heterocycles. The van der Waals surface area contributed by atoms with Crippen molar-refractivity contribution in [3.05, 3.63) is 34.9 Å². The lowest BCUT2D eigenvalue weighted by Gasteiger charge is -2.00. The van der Waals surface area contributed by atoms with Crippen LogP contribution in [0.4, 0.5) is 0 Å². The third-order valence-corrected chi connectivity index (χ3v) is 2.38. The lowest BCUT2D eigenvalue weighted by Crippen LogP contribution is -2.01. The fourth-order valence-electron chi connectivity index (χ4n) is 1.29. The van der Waals surface area contributed by atoms with E-state index < -0.39 is 0 Å². The molecule has 0 saturated heterocycles. The maximum absolute atomic E-state index is 11.4. The molecular formula is C12H15ClO. The second kappa shape index (κ2) is 5.82. The molecule has 0 heterocycles. The van der Waals surface area contributed by atoms with E-state index >= 15 is 0 Å². The monoisotopic (exact) mass is 210 g/mol. The van der Waals surface area contributed by atoms with Gasteiger partial charge in [-0.05, 0) is 24.1 Å². The Kier molecular flexibility index (Phi) is 4.68. The van der Waals surface area contributed by atoms with Gasteiger partial charge in [0.1, 0.15) is 5.78 Å². The molecule has 76 valence electrons. The summed E-state index contributed by atoms with van der Waals surface area (Å²) in [5, 5.41) is 0.717. The molecule has 0 saturated carbocycles. The van der Waals surface area contributed by atoms with Crippen LogP contribution in [0.5, 0.6) is 0 Å². The van der Waals surface area contributed by atoms with Gasteiger partial charge in [0.2, 0.25) is 0 Å². The summed E-state index contributed by atoms with van der Waals surface area (Å²) in [5.74, 6) is 0.314. The summed E-state index contributed by atoms with van der Waals surface area (Å²) in [6.07, 6.45) is 3.30. The first kappa shape index (κ1) is 11.3. The Morgan fingerprint density at radius 1 is 1.29 bits per heavy atom. The van der Waals surface area contributed by atoms with Crippen molar-refractivity contribution in [2.24, 2.45) is 0 Å². The first-order valence-corrected chi connectivity index (χ1v) is 5.36. The lowest BCUT2D eigenvalue weighted by atomic mass is 10.1. The van der Waals surface area contributed by atoms with Crippen molar-refractivity contribution in [3.8, 4) is 0 Å². The average Bonchev–Trinajstić information content (AvgIpc) is 2.18. The highest BCUT2D eigenvalue weighted by atomic mass is 35.5. The molecule has 0 amide bonds. The van der Waals surface area contributed by atoms with E-state index in [9.17, 15) is 4.79 Å². The Morgan fingerprint density at radius 3 is 2.50 bits per heavy atom. The minimum atomic E-state index is 0.314. The normalized spacial score (nSPS) is 10.1.